The molecule has 0 aromatic heterocycles. The molecule has 0 saturated carbocycles. The molecule has 0 amide bonds. The van der Waals surface area contributed by atoms with Crippen LogP contribution in [0.4, 0.5) is 0 Å². The third-order valence-corrected chi connectivity index (χ3v) is 4.32. The molecular formula is C22H42O4Pb. The van der Waals surface area contributed by atoms with Crippen LogP contribution in [0.25, 0.3) is 0 Å². The maximum absolute atomic E-state index is 10.1. The quantitative estimate of drug-likeness (QED) is 0.206. The van der Waals surface area contributed by atoms with Crippen molar-refractivity contribution < 1.29 is 19.8 Å². The fourth-order valence-electron chi connectivity index (χ4n) is 2.70. The second-order valence-electron chi connectivity index (χ2n) is 8.14. The van der Waals surface area contributed by atoms with E-state index in [2.05, 4.69) is 27.7 Å². The molecule has 0 rings (SSSR count). The summed E-state index contributed by atoms with van der Waals surface area (Å²) < 4.78 is 0. The van der Waals surface area contributed by atoms with E-state index in [1.54, 1.807) is 0 Å². The molecule has 0 aliphatic rings. The summed E-state index contributed by atoms with van der Waals surface area (Å²) in [5.41, 5.74) is 0. The monoisotopic (exact) mass is 578 g/mol. The van der Waals surface area contributed by atoms with E-state index >= 15 is 0 Å². The van der Waals surface area contributed by atoms with Gasteiger partial charge in [0.2, 0.25) is 0 Å². The average molecular weight is 578 g/mol. The Morgan fingerprint density at radius 2 is 0.815 bits per heavy atom. The Hall–Kier alpha value is -0.138. The zero-order valence-corrected chi connectivity index (χ0v) is 22.1. The topological polar surface area (TPSA) is 80.3 Å². The molecule has 2 radical (unpaired) electrons. The second-order valence-corrected chi connectivity index (χ2v) is 8.14. The molecule has 4 nitrogen and oxygen atoms in total. The molecule has 0 aliphatic heterocycles. The van der Waals surface area contributed by atoms with Crippen LogP contribution in [0.1, 0.15) is 118 Å². The molecule has 0 bridgehead atoms. The van der Waals surface area contributed by atoms with Crippen LogP contribution in [0.2, 0.25) is 0 Å². The molecule has 158 valence electrons. The second kappa shape index (κ2) is 23.9. The molecule has 0 unspecified atom stereocenters. The molecule has 0 atom stereocenters. The average Bonchev–Trinajstić information content (AvgIpc) is 2.52. The first-order valence-electron chi connectivity index (χ1n) is 10.6. The fourth-order valence-corrected chi connectivity index (χ4v) is 2.70. The molecule has 0 saturated heterocycles. The molecule has 0 fully saturated rings. The molecule has 5 heteroatoms. The first kappa shape index (κ1) is 31.6. The minimum atomic E-state index is -0.915. The molecular weight excluding hydrogens is 535 g/mol. The Kier molecular flexibility index (Phi) is 27.9. The van der Waals surface area contributed by atoms with Gasteiger partial charge in [-0.25, -0.2) is 0 Å². The van der Waals surface area contributed by atoms with Crippen molar-refractivity contribution >= 4 is 39.2 Å². The summed E-state index contributed by atoms with van der Waals surface area (Å²) in [5, 5.41) is 20.1. The van der Waals surface area contributed by atoms with Gasteiger partial charge in [-0.05, 0) is 37.5 Å². The smallest absolute Gasteiger partial charge is 0.550 e. The largest absolute Gasteiger partial charge is 2.00 e. The standard InChI is InChI=1S/2C11H22O2.Pb/c2*1-10(2)8-6-4-3-5-7-9-11(12)13;/h2*10H,3-9H2,1-2H3,(H,12,13);/q;;+2/p-2. The number of carboxylic acid groups (broad SMARTS) is 2. The third-order valence-electron chi connectivity index (χ3n) is 4.32. The molecule has 27 heavy (non-hydrogen) atoms. The Bertz CT molecular complexity index is 298. The van der Waals surface area contributed by atoms with Crippen molar-refractivity contribution in [3.63, 3.8) is 0 Å². The normalized spacial score (nSPS) is 10.3. The first-order valence-corrected chi connectivity index (χ1v) is 10.6. The van der Waals surface area contributed by atoms with Crippen LogP contribution in [-0.2, 0) is 9.59 Å². The molecule has 0 aliphatic carbocycles. The third kappa shape index (κ3) is 37.3. The van der Waals surface area contributed by atoms with Gasteiger partial charge in [0.15, 0.2) is 0 Å². The van der Waals surface area contributed by atoms with Crippen LogP contribution in [0, 0.1) is 11.8 Å². The number of hydrogen-bond donors (Lipinski definition) is 0. The van der Waals surface area contributed by atoms with Gasteiger partial charge in [-0.1, -0.05) is 91.9 Å². The summed E-state index contributed by atoms with van der Waals surface area (Å²) in [6.45, 7) is 8.93. The number of carbonyl (C=O) groups is 2. The number of aliphatic carboxylic acids is 2. The predicted octanol–water partition coefficient (Wildman–Crippen LogP) is 3.87. The minimum Gasteiger partial charge on any atom is -0.550 e. The molecule has 0 aromatic rings. The van der Waals surface area contributed by atoms with Crippen LogP contribution in [0.5, 0.6) is 0 Å². The summed E-state index contributed by atoms with van der Waals surface area (Å²) >= 11 is 0. The van der Waals surface area contributed by atoms with Crippen molar-refractivity contribution in [3.05, 3.63) is 0 Å². The first-order chi connectivity index (χ1) is 12.3. The zero-order chi connectivity index (χ0) is 20.2. The Morgan fingerprint density at radius 3 is 1.07 bits per heavy atom. The van der Waals surface area contributed by atoms with Gasteiger partial charge in [0, 0.05) is 11.9 Å². The summed E-state index contributed by atoms with van der Waals surface area (Å²) in [4.78, 5) is 20.1. The van der Waals surface area contributed by atoms with E-state index in [1.165, 1.54) is 51.4 Å². The van der Waals surface area contributed by atoms with Crippen LogP contribution < -0.4 is 10.2 Å². The van der Waals surface area contributed by atoms with Crippen molar-refractivity contribution in [2.24, 2.45) is 11.8 Å². The summed E-state index contributed by atoms with van der Waals surface area (Å²) in [5.74, 6) is -0.240. The van der Waals surface area contributed by atoms with E-state index in [1.807, 2.05) is 0 Å². The van der Waals surface area contributed by atoms with E-state index in [0.29, 0.717) is 0 Å². The van der Waals surface area contributed by atoms with E-state index in [-0.39, 0.29) is 40.1 Å². The predicted molar refractivity (Wildman–Crippen MR) is 110 cm³/mol. The van der Waals surface area contributed by atoms with Gasteiger partial charge in [-0.3, -0.25) is 0 Å². The van der Waals surface area contributed by atoms with Crippen LogP contribution >= 0.6 is 0 Å². The summed E-state index contributed by atoms with van der Waals surface area (Å²) in [7, 11) is 0. The Labute approximate surface area is 188 Å². The minimum absolute atomic E-state index is 0. The van der Waals surface area contributed by atoms with Crippen LogP contribution in [0.3, 0.4) is 0 Å². The van der Waals surface area contributed by atoms with Gasteiger partial charge in [-0.15, -0.1) is 0 Å². The van der Waals surface area contributed by atoms with Crippen molar-refractivity contribution in [1.29, 1.82) is 0 Å². The van der Waals surface area contributed by atoms with Gasteiger partial charge in [-0.2, -0.15) is 0 Å². The van der Waals surface area contributed by atoms with E-state index < -0.39 is 11.9 Å². The van der Waals surface area contributed by atoms with E-state index in [0.717, 1.165) is 37.5 Å². The number of carbonyl (C=O) groups excluding carboxylic acids is 2. The van der Waals surface area contributed by atoms with Gasteiger partial charge < -0.3 is 19.8 Å². The van der Waals surface area contributed by atoms with Gasteiger partial charge in [0.05, 0.1) is 0 Å². The molecule has 0 aromatic carbocycles. The maximum Gasteiger partial charge on any atom is 2.00 e. The number of unbranched alkanes of at least 4 members (excludes halogenated alkanes) is 8. The molecule has 0 heterocycles. The van der Waals surface area contributed by atoms with Crippen molar-refractivity contribution in [2.45, 2.75) is 118 Å². The number of hydrogen-bond acceptors (Lipinski definition) is 4. The SMILES string of the molecule is CC(C)CCCCCCCC(=O)[O-].CC(C)CCCCCCCC(=O)[O-].[Pb+2]. The summed E-state index contributed by atoms with van der Waals surface area (Å²) in [6, 6.07) is 0. The van der Waals surface area contributed by atoms with Crippen LogP contribution in [0.15, 0.2) is 0 Å². The van der Waals surface area contributed by atoms with Gasteiger partial charge in [0.25, 0.3) is 0 Å². The zero-order valence-electron chi connectivity index (χ0n) is 18.2. The van der Waals surface area contributed by atoms with Gasteiger partial charge >= 0.3 is 27.3 Å². The fraction of sp³-hybridized carbons (Fsp3) is 0.909. The Balaban J connectivity index is -0.000000411. The van der Waals surface area contributed by atoms with Crippen molar-refractivity contribution in [1.82, 2.24) is 0 Å². The van der Waals surface area contributed by atoms with Crippen LogP contribution in [-0.4, -0.2) is 39.2 Å². The molecule has 0 spiro atoms. The summed E-state index contributed by atoms with van der Waals surface area (Å²) in [6.07, 6.45) is 14.0. The Morgan fingerprint density at radius 1 is 0.556 bits per heavy atom. The molecule has 0 N–H and O–H groups in total. The number of carboxylic acids is 2. The van der Waals surface area contributed by atoms with Gasteiger partial charge in [0.1, 0.15) is 0 Å². The van der Waals surface area contributed by atoms with E-state index in [9.17, 15) is 19.8 Å². The van der Waals surface area contributed by atoms with Crippen molar-refractivity contribution in [2.75, 3.05) is 0 Å². The number of rotatable bonds is 16. The van der Waals surface area contributed by atoms with Crippen molar-refractivity contribution in [3.8, 4) is 0 Å². The maximum atomic E-state index is 10.1. The van der Waals surface area contributed by atoms with E-state index in [4.69, 9.17) is 0 Å².